The fraction of sp³-hybridized carbons (Fsp3) is 0.364. The summed E-state index contributed by atoms with van der Waals surface area (Å²) in [4.78, 5) is 10.6. The molecular weight excluding hydrogens is 245 g/mol. The molecule has 0 aliphatic heterocycles. The first-order valence-corrected chi connectivity index (χ1v) is 6.65. The second kappa shape index (κ2) is 6.34. The number of carboxylic acids is 1. The summed E-state index contributed by atoms with van der Waals surface area (Å²) in [6, 6.07) is 3.65. The molecule has 17 heavy (non-hydrogen) atoms. The number of nitrogens with one attached hydrogen (secondary N) is 1. The highest BCUT2D eigenvalue weighted by atomic mass is 32.2. The smallest absolute Gasteiger partial charge is 0.335 e. The molecule has 1 aromatic rings. The molecule has 0 aliphatic carbocycles. The Morgan fingerprint density at radius 1 is 1.53 bits per heavy atom. The summed E-state index contributed by atoms with van der Waals surface area (Å²) in [5.74, 6) is -0.770. The molecule has 94 valence electrons. The summed E-state index contributed by atoms with van der Waals surface area (Å²) in [5, 5.41) is 11.4. The Kier molecular flexibility index (Phi) is 5.09. The molecule has 0 bridgehead atoms. The van der Waals surface area contributed by atoms with E-state index in [0.717, 1.165) is 6.07 Å². The number of rotatable bonds is 6. The van der Waals surface area contributed by atoms with Crippen molar-refractivity contribution in [2.24, 2.45) is 0 Å². The third-order valence-electron chi connectivity index (χ3n) is 2.18. The van der Waals surface area contributed by atoms with E-state index in [-0.39, 0.29) is 11.3 Å². The van der Waals surface area contributed by atoms with Crippen molar-refractivity contribution in [1.29, 1.82) is 0 Å². The summed E-state index contributed by atoms with van der Waals surface area (Å²) in [6.45, 7) is 2.21. The topological polar surface area (TPSA) is 66.4 Å². The maximum absolute atomic E-state index is 13.4. The Morgan fingerprint density at radius 3 is 2.76 bits per heavy atom. The van der Waals surface area contributed by atoms with Crippen molar-refractivity contribution in [1.82, 2.24) is 0 Å². The van der Waals surface area contributed by atoms with Crippen LogP contribution in [0.15, 0.2) is 18.2 Å². The molecule has 1 aromatic carbocycles. The molecule has 0 saturated carbocycles. The fourth-order valence-corrected chi connectivity index (χ4v) is 1.85. The molecule has 0 aliphatic rings. The van der Waals surface area contributed by atoms with Crippen molar-refractivity contribution < 1.29 is 18.5 Å². The minimum atomic E-state index is -1.16. The van der Waals surface area contributed by atoms with E-state index >= 15 is 0 Å². The van der Waals surface area contributed by atoms with Gasteiger partial charge in [0.05, 0.1) is 11.3 Å². The van der Waals surface area contributed by atoms with Gasteiger partial charge in [-0.2, -0.15) is 0 Å². The lowest BCUT2D eigenvalue weighted by Gasteiger charge is -2.07. The van der Waals surface area contributed by atoms with Crippen molar-refractivity contribution in [2.45, 2.75) is 6.92 Å². The van der Waals surface area contributed by atoms with Crippen LogP contribution in [-0.2, 0) is 10.8 Å². The van der Waals surface area contributed by atoms with Crippen LogP contribution in [0.3, 0.4) is 0 Å². The number of carbonyl (C=O) groups is 1. The predicted octanol–water partition coefficient (Wildman–Crippen LogP) is 1.70. The predicted molar refractivity (Wildman–Crippen MR) is 65.4 cm³/mol. The van der Waals surface area contributed by atoms with Gasteiger partial charge in [-0.05, 0) is 18.2 Å². The van der Waals surface area contributed by atoms with Crippen LogP contribution in [0.2, 0.25) is 0 Å². The Morgan fingerprint density at radius 2 is 2.24 bits per heavy atom. The monoisotopic (exact) mass is 259 g/mol. The lowest BCUT2D eigenvalue weighted by atomic mass is 10.2. The molecule has 0 aromatic heterocycles. The lowest BCUT2D eigenvalue weighted by molar-refractivity contribution is 0.0696. The Labute approximate surface area is 101 Å². The first-order chi connectivity index (χ1) is 8.04. The maximum atomic E-state index is 13.4. The molecule has 2 N–H and O–H groups in total. The summed E-state index contributed by atoms with van der Waals surface area (Å²) >= 11 is 0. The summed E-state index contributed by atoms with van der Waals surface area (Å²) in [6.07, 6.45) is 0. The van der Waals surface area contributed by atoms with E-state index in [0.29, 0.717) is 18.1 Å². The van der Waals surface area contributed by atoms with Crippen LogP contribution < -0.4 is 5.32 Å². The van der Waals surface area contributed by atoms with Gasteiger partial charge in [0.25, 0.3) is 0 Å². The number of halogens is 1. The van der Waals surface area contributed by atoms with Crippen molar-refractivity contribution in [3.63, 3.8) is 0 Å². The standard InChI is InChI=1S/C11H14FNO3S/c1-2-17(16)6-5-13-10-4-3-8(11(14)15)7-9(10)12/h3-4,7,13H,2,5-6H2,1H3,(H,14,15). The molecule has 0 fully saturated rings. The third kappa shape index (κ3) is 4.14. The number of anilines is 1. The molecule has 1 unspecified atom stereocenters. The van der Waals surface area contributed by atoms with Gasteiger partial charge >= 0.3 is 5.97 Å². The average molecular weight is 259 g/mol. The highest BCUT2D eigenvalue weighted by Crippen LogP contribution is 2.15. The van der Waals surface area contributed by atoms with Crippen LogP contribution in [-0.4, -0.2) is 33.3 Å². The minimum absolute atomic E-state index is 0.0924. The van der Waals surface area contributed by atoms with Gasteiger partial charge in [-0.3, -0.25) is 4.21 Å². The van der Waals surface area contributed by atoms with Gasteiger partial charge in [-0.1, -0.05) is 6.92 Å². The van der Waals surface area contributed by atoms with Crippen LogP contribution in [0.5, 0.6) is 0 Å². The largest absolute Gasteiger partial charge is 0.478 e. The second-order valence-electron chi connectivity index (χ2n) is 3.36. The van der Waals surface area contributed by atoms with Gasteiger partial charge in [-0.25, -0.2) is 9.18 Å². The molecule has 0 spiro atoms. The SMILES string of the molecule is CCS(=O)CCNc1ccc(C(=O)O)cc1F. The zero-order valence-electron chi connectivity index (χ0n) is 9.40. The normalized spacial score (nSPS) is 12.1. The lowest BCUT2D eigenvalue weighted by Crippen LogP contribution is -2.13. The first kappa shape index (κ1) is 13.6. The summed E-state index contributed by atoms with van der Waals surface area (Å²) < 4.78 is 24.5. The second-order valence-corrected chi connectivity index (χ2v) is 5.22. The van der Waals surface area contributed by atoms with Crippen LogP contribution in [0, 0.1) is 5.82 Å². The van der Waals surface area contributed by atoms with Gasteiger partial charge in [0.2, 0.25) is 0 Å². The molecule has 0 saturated heterocycles. The number of carboxylic acid groups (broad SMARTS) is 1. The van der Waals surface area contributed by atoms with E-state index in [2.05, 4.69) is 5.32 Å². The van der Waals surface area contributed by atoms with Crippen molar-refractivity contribution in [3.8, 4) is 0 Å². The van der Waals surface area contributed by atoms with E-state index in [9.17, 15) is 13.4 Å². The number of benzene rings is 1. The highest BCUT2D eigenvalue weighted by Gasteiger charge is 2.07. The van der Waals surface area contributed by atoms with Crippen molar-refractivity contribution in [2.75, 3.05) is 23.4 Å². The highest BCUT2D eigenvalue weighted by molar-refractivity contribution is 7.84. The van der Waals surface area contributed by atoms with Crippen molar-refractivity contribution in [3.05, 3.63) is 29.6 Å². The van der Waals surface area contributed by atoms with Gasteiger partial charge in [-0.15, -0.1) is 0 Å². The molecular formula is C11H14FNO3S. The van der Waals surface area contributed by atoms with Gasteiger partial charge in [0, 0.05) is 28.9 Å². The van der Waals surface area contributed by atoms with E-state index in [4.69, 9.17) is 5.11 Å². The quantitative estimate of drug-likeness (QED) is 0.816. The van der Waals surface area contributed by atoms with E-state index < -0.39 is 22.6 Å². The molecule has 1 atom stereocenters. The number of hydrogen-bond acceptors (Lipinski definition) is 3. The number of aromatic carboxylic acids is 1. The van der Waals surface area contributed by atoms with E-state index in [1.165, 1.54) is 12.1 Å². The third-order valence-corrected chi connectivity index (χ3v) is 3.49. The minimum Gasteiger partial charge on any atom is -0.478 e. The maximum Gasteiger partial charge on any atom is 0.335 e. The molecule has 6 heteroatoms. The molecule has 0 heterocycles. The van der Waals surface area contributed by atoms with Gasteiger partial charge in [0.1, 0.15) is 5.82 Å². The van der Waals surface area contributed by atoms with Gasteiger partial charge in [0.15, 0.2) is 0 Å². The van der Waals surface area contributed by atoms with Gasteiger partial charge < -0.3 is 10.4 Å². The van der Waals surface area contributed by atoms with E-state index in [1.807, 2.05) is 6.92 Å². The fourth-order valence-electron chi connectivity index (χ4n) is 1.24. The number of hydrogen-bond donors (Lipinski definition) is 2. The summed E-state index contributed by atoms with van der Waals surface area (Å²) in [7, 11) is -0.898. The van der Waals surface area contributed by atoms with Crippen LogP contribution in [0.1, 0.15) is 17.3 Å². The molecule has 4 nitrogen and oxygen atoms in total. The molecule has 1 rings (SSSR count). The Bertz CT molecular complexity index is 437. The average Bonchev–Trinajstić information content (AvgIpc) is 2.30. The van der Waals surface area contributed by atoms with Crippen LogP contribution >= 0.6 is 0 Å². The zero-order chi connectivity index (χ0) is 12.8. The Hall–Kier alpha value is -1.43. The van der Waals surface area contributed by atoms with Crippen LogP contribution in [0.4, 0.5) is 10.1 Å². The van der Waals surface area contributed by atoms with E-state index in [1.54, 1.807) is 0 Å². The molecule has 0 amide bonds. The Balaban J connectivity index is 2.60. The van der Waals surface area contributed by atoms with Crippen molar-refractivity contribution >= 4 is 22.5 Å². The zero-order valence-corrected chi connectivity index (χ0v) is 10.2. The van der Waals surface area contributed by atoms with Crippen LogP contribution in [0.25, 0.3) is 0 Å². The first-order valence-electron chi connectivity index (χ1n) is 5.16. The molecule has 0 radical (unpaired) electrons. The summed E-state index contributed by atoms with van der Waals surface area (Å²) in [5.41, 5.74) is 0.133.